The van der Waals surface area contributed by atoms with Gasteiger partial charge in [-0.3, -0.25) is 0 Å². The number of hydrogen-bond donors (Lipinski definition) is 1. The molecule has 3 aromatic rings. The predicted molar refractivity (Wildman–Crippen MR) is 110 cm³/mol. The van der Waals surface area contributed by atoms with Crippen molar-refractivity contribution in [2.75, 3.05) is 41.3 Å². The summed E-state index contributed by atoms with van der Waals surface area (Å²) in [6.45, 7) is 7.45. The molecule has 144 valence electrons. The molecule has 6 nitrogen and oxygen atoms in total. The van der Waals surface area contributed by atoms with Gasteiger partial charge in [-0.1, -0.05) is 6.07 Å². The van der Waals surface area contributed by atoms with Crippen LogP contribution in [0.5, 0.6) is 0 Å². The van der Waals surface area contributed by atoms with Gasteiger partial charge in [-0.2, -0.15) is 10.1 Å². The van der Waals surface area contributed by atoms with E-state index in [1.54, 1.807) is 6.20 Å². The maximum atomic E-state index is 13.1. The summed E-state index contributed by atoms with van der Waals surface area (Å²) in [5, 5.41) is 11.5. The molecule has 7 heteroatoms. The highest BCUT2D eigenvalue weighted by molar-refractivity contribution is 5.57. The molecule has 1 aliphatic heterocycles. The van der Waals surface area contributed by atoms with E-state index in [1.807, 2.05) is 12.1 Å². The van der Waals surface area contributed by atoms with Crippen molar-refractivity contribution in [3.05, 3.63) is 65.6 Å². The Morgan fingerprint density at radius 3 is 2.21 bits per heavy atom. The molecule has 0 spiro atoms. The summed E-state index contributed by atoms with van der Waals surface area (Å²) < 4.78 is 13.1. The van der Waals surface area contributed by atoms with E-state index in [2.05, 4.69) is 62.3 Å². The normalized spacial score (nSPS) is 14.2. The summed E-state index contributed by atoms with van der Waals surface area (Å²) in [6, 6.07) is 12.9. The molecule has 28 heavy (non-hydrogen) atoms. The first-order valence-electron chi connectivity index (χ1n) is 9.37. The third kappa shape index (κ3) is 4.19. The number of aryl methyl sites for hydroxylation is 2. The van der Waals surface area contributed by atoms with Crippen molar-refractivity contribution in [3.8, 4) is 0 Å². The third-order valence-corrected chi connectivity index (χ3v) is 4.82. The van der Waals surface area contributed by atoms with Crippen LogP contribution in [0.2, 0.25) is 0 Å². The molecule has 1 N–H and O–H groups in total. The molecular formula is C21H23FN6. The van der Waals surface area contributed by atoms with Crippen LogP contribution in [-0.2, 0) is 0 Å². The van der Waals surface area contributed by atoms with E-state index in [-0.39, 0.29) is 5.82 Å². The lowest BCUT2D eigenvalue weighted by Gasteiger charge is -2.36. The quantitative estimate of drug-likeness (QED) is 0.747. The second-order valence-corrected chi connectivity index (χ2v) is 7.09. The summed E-state index contributed by atoms with van der Waals surface area (Å²) in [7, 11) is 0. The van der Waals surface area contributed by atoms with Crippen LogP contribution in [-0.4, -0.2) is 41.4 Å². The monoisotopic (exact) mass is 378 g/mol. The van der Waals surface area contributed by atoms with Crippen molar-refractivity contribution in [3.63, 3.8) is 0 Å². The fourth-order valence-electron chi connectivity index (χ4n) is 3.52. The number of nitrogens with zero attached hydrogens (tertiary/aromatic N) is 5. The molecule has 4 rings (SSSR count). The third-order valence-electron chi connectivity index (χ3n) is 4.82. The SMILES string of the molecule is Cc1cc(C)cc(Nc2nncc(N3CCN(c4ccc(F)cc4)CC3)n2)c1. The lowest BCUT2D eigenvalue weighted by atomic mass is 10.1. The Labute approximate surface area is 164 Å². The Kier molecular flexibility index (Phi) is 5.06. The summed E-state index contributed by atoms with van der Waals surface area (Å²) in [6.07, 6.45) is 1.69. The smallest absolute Gasteiger partial charge is 0.249 e. The molecule has 0 atom stereocenters. The number of hydrogen-bond acceptors (Lipinski definition) is 6. The van der Waals surface area contributed by atoms with Crippen LogP contribution >= 0.6 is 0 Å². The van der Waals surface area contributed by atoms with Gasteiger partial charge in [0.1, 0.15) is 5.82 Å². The van der Waals surface area contributed by atoms with Crippen molar-refractivity contribution in [1.29, 1.82) is 0 Å². The second-order valence-electron chi connectivity index (χ2n) is 7.09. The van der Waals surface area contributed by atoms with Crippen molar-refractivity contribution in [2.45, 2.75) is 13.8 Å². The fraction of sp³-hybridized carbons (Fsp3) is 0.286. The molecule has 0 saturated carbocycles. The Balaban J connectivity index is 1.43. The Morgan fingerprint density at radius 1 is 0.893 bits per heavy atom. The van der Waals surface area contributed by atoms with E-state index >= 15 is 0 Å². The van der Waals surface area contributed by atoms with E-state index in [0.29, 0.717) is 5.95 Å². The number of benzene rings is 2. The lowest BCUT2D eigenvalue weighted by Crippen LogP contribution is -2.46. The van der Waals surface area contributed by atoms with E-state index in [4.69, 9.17) is 0 Å². The van der Waals surface area contributed by atoms with Crippen LogP contribution in [0, 0.1) is 19.7 Å². The second kappa shape index (κ2) is 7.80. The van der Waals surface area contributed by atoms with Crippen molar-refractivity contribution in [2.24, 2.45) is 0 Å². The minimum atomic E-state index is -0.210. The number of halogens is 1. The van der Waals surface area contributed by atoms with E-state index in [1.165, 1.54) is 23.3 Å². The van der Waals surface area contributed by atoms with Crippen molar-refractivity contribution >= 4 is 23.1 Å². The summed E-state index contributed by atoms with van der Waals surface area (Å²) in [5.41, 5.74) is 4.36. The zero-order valence-corrected chi connectivity index (χ0v) is 16.1. The van der Waals surface area contributed by atoms with Crippen molar-refractivity contribution in [1.82, 2.24) is 15.2 Å². The van der Waals surface area contributed by atoms with Gasteiger partial charge in [-0.05, 0) is 61.4 Å². The van der Waals surface area contributed by atoms with Gasteiger partial charge in [0.2, 0.25) is 5.95 Å². The van der Waals surface area contributed by atoms with Gasteiger partial charge in [0.25, 0.3) is 0 Å². The van der Waals surface area contributed by atoms with E-state index in [9.17, 15) is 4.39 Å². The maximum Gasteiger partial charge on any atom is 0.249 e. The highest BCUT2D eigenvalue weighted by Crippen LogP contribution is 2.21. The average molecular weight is 378 g/mol. The van der Waals surface area contributed by atoms with Crippen LogP contribution in [0.25, 0.3) is 0 Å². The molecule has 0 bridgehead atoms. The minimum Gasteiger partial charge on any atom is -0.368 e. The van der Waals surface area contributed by atoms with Crippen LogP contribution < -0.4 is 15.1 Å². The number of aromatic nitrogens is 3. The Morgan fingerprint density at radius 2 is 1.54 bits per heavy atom. The Hall–Kier alpha value is -3.22. The maximum absolute atomic E-state index is 13.1. The molecule has 0 amide bonds. The van der Waals surface area contributed by atoms with Gasteiger partial charge in [0.15, 0.2) is 5.82 Å². The molecular weight excluding hydrogens is 355 g/mol. The zero-order valence-electron chi connectivity index (χ0n) is 16.1. The molecule has 1 aliphatic rings. The summed E-state index contributed by atoms with van der Waals surface area (Å²) >= 11 is 0. The number of rotatable bonds is 4. The molecule has 0 aliphatic carbocycles. The Bertz CT molecular complexity index is 931. The van der Waals surface area contributed by atoms with Crippen molar-refractivity contribution < 1.29 is 4.39 Å². The molecule has 0 radical (unpaired) electrons. The van der Waals surface area contributed by atoms with Gasteiger partial charge < -0.3 is 15.1 Å². The fourth-order valence-corrected chi connectivity index (χ4v) is 3.52. The first-order chi connectivity index (χ1) is 13.6. The van der Waals surface area contributed by atoms with Gasteiger partial charge >= 0.3 is 0 Å². The number of piperazine rings is 1. The molecule has 2 heterocycles. The predicted octanol–water partition coefficient (Wildman–Crippen LogP) is 3.70. The number of nitrogens with one attached hydrogen (secondary N) is 1. The zero-order chi connectivity index (χ0) is 19.5. The summed E-state index contributed by atoms with van der Waals surface area (Å²) in [5.74, 6) is 1.09. The first kappa shape index (κ1) is 18.2. The van der Waals surface area contributed by atoms with Crippen LogP contribution in [0.3, 0.4) is 0 Å². The minimum absolute atomic E-state index is 0.210. The van der Waals surface area contributed by atoms with Gasteiger partial charge in [0, 0.05) is 37.6 Å². The van der Waals surface area contributed by atoms with Gasteiger partial charge in [0.05, 0.1) is 6.20 Å². The number of anilines is 4. The average Bonchev–Trinajstić information content (AvgIpc) is 2.68. The highest BCUT2D eigenvalue weighted by Gasteiger charge is 2.19. The molecule has 1 fully saturated rings. The van der Waals surface area contributed by atoms with Gasteiger partial charge in [-0.25, -0.2) is 4.39 Å². The lowest BCUT2D eigenvalue weighted by molar-refractivity contribution is 0.624. The topological polar surface area (TPSA) is 57.2 Å². The van der Waals surface area contributed by atoms with E-state index < -0.39 is 0 Å². The molecule has 0 unspecified atom stereocenters. The largest absolute Gasteiger partial charge is 0.368 e. The van der Waals surface area contributed by atoms with Crippen LogP contribution in [0.15, 0.2) is 48.7 Å². The first-order valence-corrected chi connectivity index (χ1v) is 9.37. The van der Waals surface area contributed by atoms with E-state index in [0.717, 1.165) is 43.4 Å². The van der Waals surface area contributed by atoms with Crippen LogP contribution in [0.4, 0.5) is 27.5 Å². The highest BCUT2D eigenvalue weighted by atomic mass is 19.1. The molecule has 2 aromatic carbocycles. The van der Waals surface area contributed by atoms with Crippen LogP contribution in [0.1, 0.15) is 11.1 Å². The summed E-state index contributed by atoms with van der Waals surface area (Å²) in [4.78, 5) is 9.08. The van der Waals surface area contributed by atoms with Gasteiger partial charge in [-0.15, -0.1) is 5.10 Å². The molecule has 1 saturated heterocycles. The molecule has 1 aromatic heterocycles. The standard InChI is InChI=1S/C21H23FN6/c1-15-11-16(2)13-18(12-15)24-21-25-20(14-23-26-21)28-9-7-27(8-10-28)19-5-3-17(22)4-6-19/h3-6,11-14H,7-10H2,1-2H3,(H,24,25,26).